The van der Waals surface area contributed by atoms with Crippen LogP contribution in [0, 0.1) is 0 Å². The van der Waals surface area contributed by atoms with Crippen molar-refractivity contribution >= 4 is 0 Å². The molecule has 1 aromatic rings. The van der Waals surface area contributed by atoms with Gasteiger partial charge in [-0.1, -0.05) is 0 Å². The van der Waals surface area contributed by atoms with Crippen LogP contribution in [-0.4, -0.2) is 18.6 Å². The Labute approximate surface area is 85.7 Å². The summed E-state index contributed by atoms with van der Waals surface area (Å²) in [4.78, 5) is 0. The highest BCUT2D eigenvalue weighted by Gasteiger charge is 2.06. The molecule has 1 rings (SSSR count). The number of hydrogen-bond donors (Lipinski definition) is 2. The standard InChI is InChI=1S/C11H20N2O/c1-9(13-10(2)8-12)5-6-11-4-3-7-14-11/h3-4,7,9-10,13H,5-6,8,12H2,1-2H3. The molecule has 1 aromatic heterocycles. The Morgan fingerprint density at radius 2 is 2.21 bits per heavy atom. The summed E-state index contributed by atoms with van der Waals surface area (Å²) in [5, 5.41) is 3.43. The first kappa shape index (κ1) is 11.3. The number of nitrogens with one attached hydrogen (secondary N) is 1. The van der Waals surface area contributed by atoms with Crippen LogP contribution in [0.25, 0.3) is 0 Å². The fourth-order valence-electron chi connectivity index (χ4n) is 1.45. The molecule has 1 heterocycles. The van der Waals surface area contributed by atoms with Gasteiger partial charge in [0, 0.05) is 25.0 Å². The number of hydrogen-bond acceptors (Lipinski definition) is 3. The maximum absolute atomic E-state index is 5.53. The predicted octanol–water partition coefficient (Wildman–Crippen LogP) is 1.54. The third-order valence-electron chi connectivity index (χ3n) is 2.33. The molecule has 0 radical (unpaired) electrons. The van der Waals surface area contributed by atoms with Gasteiger partial charge in [0.1, 0.15) is 5.76 Å². The molecule has 0 aliphatic carbocycles. The topological polar surface area (TPSA) is 51.2 Å². The summed E-state index contributed by atoms with van der Waals surface area (Å²) >= 11 is 0. The molecule has 14 heavy (non-hydrogen) atoms. The van der Waals surface area contributed by atoms with Crippen LogP contribution in [0.15, 0.2) is 22.8 Å². The molecule has 0 aliphatic rings. The normalized spacial score (nSPS) is 15.4. The average Bonchev–Trinajstić information content (AvgIpc) is 2.67. The van der Waals surface area contributed by atoms with E-state index in [0.717, 1.165) is 18.6 Å². The molecule has 80 valence electrons. The molecule has 2 unspecified atom stereocenters. The van der Waals surface area contributed by atoms with Gasteiger partial charge in [-0.25, -0.2) is 0 Å². The van der Waals surface area contributed by atoms with Crippen molar-refractivity contribution in [2.75, 3.05) is 6.54 Å². The van der Waals surface area contributed by atoms with E-state index in [1.165, 1.54) is 0 Å². The van der Waals surface area contributed by atoms with Crippen molar-refractivity contribution in [2.24, 2.45) is 5.73 Å². The molecule has 0 fully saturated rings. The lowest BCUT2D eigenvalue weighted by atomic mass is 10.1. The monoisotopic (exact) mass is 196 g/mol. The van der Waals surface area contributed by atoms with E-state index >= 15 is 0 Å². The van der Waals surface area contributed by atoms with Crippen LogP contribution < -0.4 is 11.1 Å². The number of furan rings is 1. The zero-order valence-corrected chi connectivity index (χ0v) is 8.99. The van der Waals surface area contributed by atoms with Gasteiger partial charge < -0.3 is 15.5 Å². The Kier molecular flexibility index (Phi) is 4.70. The highest BCUT2D eigenvalue weighted by atomic mass is 16.3. The van der Waals surface area contributed by atoms with Crippen LogP contribution in [-0.2, 0) is 6.42 Å². The van der Waals surface area contributed by atoms with Gasteiger partial charge >= 0.3 is 0 Å². The van der Waals surface area contributed by atoms with Crippen LogP contribution in [0.1, 0.15) is 26.0 Å². The highest BCUT2D eigenvalue weighted by Crippen LogP contribution is 2.05. The first-order chi connectivity index (χ1) is 6.72. The minimum absolute atomic E-state index is 0.390. The smallest absolute Gasteiger partial charge is 0.103 e. The lowest BCUT2D eigenvalue weighted by Crippen LogP contribution is -2.39. The van der Waals surface area contributed by atoms with Crippen LogP contribution in [0.2, 0.25) is 0 Å². The zero-order chi connectivity index (χ0) is 10.4. The number of nitrogens with two attached hydrogens (primary N) is 1. The third kappa shape index (κ3) is 3.94. The lowest BCUT2D eigenvalue weighted by molar-refractivity contribution is 0.427. The molecule has 0 saturated carbocycles. The second kappa shape index (κ2) is 5.83. The van der Waals surface area contributed by atoms with Crippen LogP contribution >= 0.6 is 0 Å². The van der Waals surface area contributed by atoms with Crippen molar-refractivity contribution < 1.29 is 4.42 Å². The van der Waals surface area contributed by atoms with Crippen molar-refractivity contribution in [3.05, 3.63) is 24.2 Å². The predicted molar refractivity (Wildman–Crippen MR) is 58.1 cm³/mol. The van der Waals surface area contributed by atoms with Crippen molar-refractivity contribution in [3.63, 3.8) is 0 Å². The highest BCUT2D eigenvalue weighted by molar-refractivity contribution is 4.98. The Bertz CT molecular complexity index is 233. The fraction of sp³-hybridized carbons (Fsp3) is 0.636. The van der Waals surface area contributed by atoms with Gasteiger partial charge in [-0.2, -0.15) is 0 Å². The summed E-state index contributed by atoms with van der Waals surface area (Å²) in [7, 11) is 0. The fourth-order valence-corrected chi connectivity index (χ4v) is 1.45. The van der Waals surface area contributed by atoms with Gasteiger partial charge in [0.15, 0.2) is 0 Å². The number of aryl methyl sites for hydroxylation is 1. The Balaban J connectivity index is 2.18. The Hall–Kier alpha value is -0.800. The van der Waals surface area contributed by atoms with E-state index in [-0.39, 0.29) is 0 Å². The molecule has 0 bridgehead atoms. The first-order valence-corrected chi connectivity index (χ1v) is 5.21. The maximum Gasteiger partial charge on any atom is 0.103 e. The molecule has 0 amide bonds. The molecule has 0 aromatic carbocycles. The summed E-state index contributed by atoms with van der Waals surface area (Å²) < 4.78 is 5.26. The van der Waals surface area contributed by atoms with Crippen molar-refractivity contribution in [1.82, 2.24) is 5.32 Å². The molecular formula is C11H20N2O. The molecular weight excluding hydrogens is 176 g/mol. The van der Waals surface area contributed by atoms with Crippen molar-refractivity contribution in [3.8, 4) is 0 Å². The summed E-state index contributed by atoms with van der Waals surface area (Å²) in [6, 6.07) is 4.81. The van der Waals surface area contributed by atoms with Gasteiger partial charge in [0.05, 0.1) is 6.26 Å². The van der Waals surface area contributed by atoms with E-state index < -0.39 is 0 Å². The van der Waals surface area contributed by atoms with Gasteiger partial charge in [-0.05, 0) is 32.4 Å². The maximum atomic E-state index is 5.53. The molecule has 0 saturated heterocycles. The summed E-state index contributed by atoms with van der Waals surface area (Å²) in [6.45, 7) is 4.96. The molecule has 3 nitrogen and oxygen atoms in total. The molecule has 0 spiro atoms. The van der Waals surface area contributed by atoms with Crippen LogP contribution in [0.3, 0.4) is 0 Å². The molecule has 3 heteroatoms. The van der Waals surface area contributed by atoms with Crippen molar-refractivity contribution in [2.45, 2.75) is 38.8 Å². The summed E-state index contributed by atoms with van der Waals surface area (Å²) in [5.74, 6) is 1.05. The van der Waals surface area contributed by atoms with Crippen molar-refractivity contribution in [1.29, 1.82) is 0 Å². The van der Waals surface area contributed by atoms with E-state index in [9.17, 15) is 0 Å². The molecule has 2 atom stereocenters. The van der Waals surface area contributed by atoms with E-state index in [0.29, 0.717) is 18.6 Å². The van der Waals surface area contributed by atoms with Gasteiger partial charge in [-0.3, -0.25) is 0 Å². The summed E-state index contributed by atoms with van der Waals surface area (Å²) in [6.07, 6.45) is 3.78. The Morgan fingerprint density at radius 3 is 2.79 bits per heavy atom. The lowest BCUT2D eigenvalue weighted by Gasteiger charge is -2.17. The van der Waals surface area contributed by atoms with Gasteiger partial charge in [0.25, 0.3) is 0 Å². The largest absolute Gasteiger partial charge is 0.469 e. The second-order valence-corrected chi connectivity index (χ2v) is 3.82. The summed E-state index contributed by atoms with van der Waals surface area (Å²) in [5.41, 5.74) is 5.53. The van der Waals surface area contributed by atoms with Gasteiger partial charge in [0.2, 0.25) is 0 Å². The minimum Gasteiger partial charge on any atom is -0.469 e. The average molecular weight is 196 g/mol. The third-order valence-corrected chi connectivity index (χ3v) is 2.33. The SMILES string of the molecule is CC(CN)NC(C)CCc1ccco1. The quantitative estimate of drug-likeness (QED) is 0.725. The molecule has 3 N–H and O–H groups in total. The Morgan fingerprint density at radius 1 is 1.43 bits per heavy atom. The molecule has 0 aliphatic heterocycles. The van der Waals surface area contributed by atoms with E-state index in [1.807, 2.05) is 12.1 Å². The minimum atomic E-state index is 0.390. The second-order valence-electron chi connectivity index (χ2n) is 3.82. The van der Waals surface area contributed by atoms with Gasteiger partial charge in [-0.15, -0.1) is 0 Å². The van der Waals surface area contributed by atoms with Crippen LogP contribution in [0.5, 0.6) is 0 Å². The first-order valence-electron chi connectivity index (χ1n) is 5.21. The van der Waals surface area contributed by atoms with E-state index in [4.69, 9.17) is 10.2 Å². The number of rotatable bonds is 6. The van der Waals surface area contributed by atoms with E-state index in [1.54, 1.807) is 6.26 Å². The van der Waals surface area contributed by atoms with Crippen LogP contribution in [0.4, 0.5) is 0 Å². The zero-order valence-electron chi connectivity index (χ0n) is 8.99. The van der Waals surface area contributed by atoms with E-state index in [2.05, 4.69) is 19.2 Å².